The molecule has 0 bridgehead atoms. The number of hydrogen-bond donors (Lipinski definition) is 2. The van der Waals surface area contributed by atoms with E-state index in [1.54, 1.807) is 4.90 Å². The minimum absolute atomic E-state index is 0. The normalized spacial score (nSPS) is 20.6. The van der Waals surface area contributed by atoms with Crippen molar-refractivity contribution in [3.8, 4) is 0 Å². The Morgan fingerprint density at radius 3 is 2.52 bits per heavy atom. The average molecular weight is 348 g/mol. The topological polar surface area (TPSA) is 75.4 Å². The molecule has 0 aromatic rings. The second-order valence-corrected chi connectivity index (χ2v) is 7.06. The van der Waals surface area contributed by atoms with Crippen LogP contribution in [0.5, 0.6) is 0 Å². The summed E-state index contributed by atoms with van der Waals surface area (Å²) in [5, 5.41) is 3.06. The first kappa shape index (κ1) is 22.2. The molecule has 0 aliphatic carbocycles. The fraction of sp³-hybridized carbons (Fsp3) is 0.882. The number of amides is 2. The summed E-state index contributed by atoms with van der Waals surface area (Å²) in [7, 11) is 0. The van der Waals surface area contributed by atoms with E-state index in [0.29, 0.717) is 18.9 Å². The van der Waals surface area contributed by atoms with Crippen LogP contribution in [0.15, 0.2) is 0 Å². The first-order chi connectivity index (χ1) is 10.3. The molecule has 0 aromatic carbocycles. The number of halogens is 1. The lowest BCUT2D eigenvalue weighted by molar-refractivity contribution is -0.137. The van der Waals surface area contributed by atoms with Crippen molar-refractivity contribution >= 4 is 24.2 Å². The molecule has 23 heavy (non-hydrogen) atoms. The van der Waals surface area contributed by atoms with E-state index in [1.165, 1.54) is 0 Å². The minimum atomic E-state index is -0.444. The lowest BCUT2D eigenvalue weighted by Crippen LogP contribution is -2.51. The lowest BCUT2D eigenvalue weighted by atomic mass is 9.95. The molecule has 2 amide bonds. The van der Waals surface area contributed by atoms with E-state index >= 15 is 0 Å². The van der Waals surface area contributed by atoms with Gasteiger partial charge in [-0.25, -0.2) is 0 Å². The first-order valence-corrected chi connectivity index (χ1v) is 8.69. The third-order valence-electron chi connectivity index (χ3n) is 4.26. The number of piperidine rings is 1. The van der Waals surface area contributed by atoms with Gasteiger partial charge in [-0.1, -0.05) is 27.2 Å². The number of carbonyl (C=O) groups is 2. The Balaban J connectivity index is 0.00000484. The van der Waals surface area contributed by atoms with Crippen molar-refractivity contribution in [1.82, 2.24) is 10.2 Å². The van der Waals surface area contributed by atoms with Crippen LogP contribution in [0, 0.1) is 11.8 Å². The highest BCUT2D eigenvalue weighted by atomic mass is 35.5. The quantitative estimate of drug-likeness (QED) is 0.742. The predicted octanol–water partition coefficient (Wildman–Crippen LogP) is 2.33. The van der Waals surface area contributed by atoms with Crippen LogP contribution in [-0.2, 0) is 9.59 Å². The van der Waals surface area contributed by atoms with Gasteiger partial charge in [-0.15, -0.1) is 12.4 Å². The SMILES string of the molecule is CCCC(C)NC(=O)C1CCCN(C(=O)[C@@H](N)CC(C)C)C1.Cl. The number of nitrogens with one attached hydrogen (secondary N) is 1. The monoisotopic (exact) mass is 347 g/mol. The van der Waals surface area contributed by atoms with Crippen LogP contribution in [0.2, 0.25) is 0 Å². The van der Waals surface area contributed by atoms with Crippen LogP contribution in [0.25, 0.3) is 0 Å². The smallest absolute Gasteiger partial charge is 0.239 e. The molecule has 3 N–H and O–H groups in total. The number of likely N-dealkylation sites (tertiary alicyclic amines) is 1. The maximum absolute atomic E-state index is 12.4. The summed E-state index contributed by atoms with van der Waals surface area (Å²) in [6, 6.07) is -0.243. The van der Waals surface area contributed by atoms with Gasteiger partial charge in [-0.05, 0) is 38.5 Å². The molecule has 5 nitrogen and oxygen atoms in total. The Morgan fingerprint density at radius 2 is 1.96 bits per heavy atom. The van der Waals surface area contributed by atoms with E-state index in [4.69, 9.17) is 5.73 Å². The summed E-state index contributed by atoms with van der Waals surface area (Å²) in [6.45, 7) is 9.50. The van der Waals surface area contributed by atoms with Crippen LogP contribution in [0.3, 0.4) is 0 Å². The lowest BCUT2D eigenvalue weighted by Gasteiger charge is -2.34. The largest absolute Gasteiger partial charge is 0.353 e. The zero-order valence-corrected chi connectivity index (χ0v) is 15.8. The minimum Gasteiger partial charge on any atom is -0.353 e. The second-order valence-electron chi connectivity index (χ2n) is 7.06. The van der Waals surface area contributed by atoms with Crippen LogP contribution >= 0.6 is 12.4 Å². The Hall–Kier alpha value is -0.810. The summed E-state index contributed by atoms with van der Waals surface area (Å²) in [4.78, 5) is 26.5. The summed E-state index contributed by atoms with van der Waals surface area (Å²) in [5.74, 6) is 0.379. The van der Waals surface area contributed by atoms with Gasteiger partial charge >= 0.3 is 0 Å². The fourth-order valence-electron chi connectivity index (χ4n) is 3.10. The van der Waals surface area contributed by atoms with Gasteiger partial charge < -0.3 is 16.0 Å². The summed E-state index contributed by atoms with van der Waals surface area (Å²) < 4.78 is 0. The number of nitrogens with zero attached hydrogens (tertiary/aromatic N) is 1. The van der Waals surface area contributed by atoms with Gasteiger partial charge in [0.15, 0.2) is 0 Å². The standard InChI is InChI=1S/C17H33N3O2.ClH/c1-5-7-13(4)19-16(21)14-8-6-9-20(11-14)17(22)15(18)10-12(2)3;/h12-15H,5-11,18H2,1-4H3,(H,19,21);1H/t13?,14?,15-;/m0./s1. The van der Waals surface area contributed by atoms with E-state index in [1.807, 2.05) is 6.92 Å². The van der Waals surface area contributed by atoms with Gasteiger partial charge in [0.05, 0.1) is 12.0 Å². The van der Waals surface area contributed by atoms with Crippen LogP contribution in [0.4, 0.5) is 0 Å². The van der Waals surface area contributed by atoms with Crippen molar-refractivity contribution in [3.63, 3.8) is 0 Å². The van der Waals surface area contributed by atoms with E-state index in [0.717, 1.165) is 32.2 Å². The van der Waals surface area contributed by atoms with Gasteiger partial charge in [0, 0.05) is 19.1 Å². The van der Waals surface area contributed by atoms with Crippen molar-refractivity contribution in [2.45, 2.75) is 71.9 Å². The molecule has 1 fully saturated rings. The van der Waals surface area contributed by atoms with Gasteiger partial charge in [-0.2, -0.15) is 0 Å². The molecule has 0 spiro atoms. The third-order valence-corrected chi connectivity index (χ3v) is 4.26. The van der Waals surface area contributed by atoms with Gasteiger partial charge in [0.1, 0.15) is 0 Å². The van der Waals surface area contributed by atoms with Crippen molar-refractivity contribution in [3.05, 3.63) is 0 Å². The van der Waals surface area contributed by atoms with Gasteiger partial charge in [0.2, 0.25) is 11.8 Å². The molecule has 1 heterocycles. The maximum Gasteiger partial charge on any atom is 0.239 e. The van der Waals surface area contributed by atoms with E-state index in [-0.39, 0.29) is 36.2 Å². The summed E-state index contributed by atoms with van der Waals surface area (Å²) in [5.41, 5.74) is 6.00. The van der Waals surface area contributed by atoms with Crippen molar-refractivity contribution in [2.24, 2.45) is 17.6 Å². The molecule has 136 valence electrons. The van der Waals surface area contributed by atoms with Crippen molar-refractivity contribution in [2.75, 3.05) is 13.1 Å². The molecule has 0 aromatic heterocycles. The predicted molar refractivity (Wildman–Crippen MR) is 96.5 cm³/mol. The molecule has 0 radical (unpaired) electrons. The first-order valence-electron chi connectivity index (χ1n) is 8.69. The molecule has 3 atom stereocenters. The second kappa shape index (κ2) is 10.9. The molecule has 1 aliphatic heterocycles. The maximum atomic E-state index is 12.4. The average Bonchev–Trinajstić information content (AvgIpc) is 2.46. The van der Waals surface area contributed by atoms with E-state index in [9.17, 15) is 9.59 Å². The van der Waals surface area contributed by atoms with Crippen molar-refractivity contribution < 1.29 is 9.59 Å². The number of hydrogen-bond acceptors (Lipinski definition) is 3. The highest BCUT2D eigenvalue weighted by Crippen LogP contribution is 2.19. The molecule has 6 heteroatoms. The van der Waals surface area contributed by atoms with Crippen LogP contribution in [0.1, 0.15) is 59.8 Å². The Bertz CT molecular complexity index is 377. The zero-order valence-electron chi connectivity index (χ0n) is 15.0. The Morgan fingerprint density at radius 1 is 1.30 bits per heavy atom. The van der Waals surface area contributed by atoms with Crippen LogP contribution < -0.4 is 11.1 Å². The Labute approximate surface area is 147 Å². The highest BCUT2D eigenvalue weighted by Gasteiger charge is 2.31. The number of rotatable bonds is 7. The molecule has 1 aliphatic rings. The molecule has 2 unspecified atom stereocenters. The molecule has 1 saturated heterocycles. The van der Waals surface area contributed by atoms with E-state index < -0.39 is 6.04 Å². The van der Waals surface area contributed by atoms with Gasteiger partial charge in [0.25, 0.3) is 0 Å². The number of nitrogens with two attached hydrogens (primary N) is 1. The number of carbonyl (C=O) groups excluding carboxylic acids is 2. The van der Waals surface area contributed by atoms with Crippen molar-refractivity contribution in [1.29, 1.82) is 0 Å². The molecular weight excluding hydrogens is 314 g/mol. The molecule has 0 saturated carbocycles. The fourth-order valence-corrected chi connectivity index (χ4v) is 3.10. The highest BCUT2D eigenvalue weighted by molar-refractivity contribution is 5.85. The van der Waals surface area contributed by atoms with E-state index in [2.05, 4.69) is 26.1 Å². The molecular formula is C17H34ClN3O2. The summed E-state index contributed by atoms with van der Waals surface area (Å²) in [6.07, 6.45) is 4.47. The summed E-state index contributed by atoms with van der Waals surface area (Å²) >= 11 is 0. The Kier molecular flexibility index (Phi) is 10.5. The zero-order chi connectivity index (χ0) is 16.7. The third kappa shape index (κ3) is 7.53. The van der Waals surface area contributed by atoms with Gasteiger partial charge in [-0.3, -0.25) is 9.59 Å². The van der Waals surface area contributed by atoms with Crippen LogP contribution in [-0.4, -0.2) is 41.9 Å². The molecule has 1 rings (SSSR count).